The maximum absolute atomic E-state index is 12.8. The van der Waals surface area contributed by atoms with Gasteiger partial charge in [0.25, 0.3) is 5.91 Å². The summed E-state index contributed by atoms with van der Waals surface area (Å²) in [6.07, 6.45) is 0. The molecule has 0 bridgehead atoms. The normalized spacial score (nSPS) is 15.5. The zero-order chi connectivity index (χ0) is 18.2. The number of benzene rings is 1. The summed E-state index contributed by atoms with van der Waals surface area (Å²) in [7, 11) is -3.51. The summed E-state index contributed by atoms with van der Waals surface area (Å²) in [6.45, 7) is 5.01. The summed E-state index contributed by atoms with van der Waals surface area (Å²) in [5.41, 5.74) is 6.77. The van der Waals surface area contributed by atoms with Gasteiger partial charge in [-0.05, 0) is 32.0 Å². The molecule has 2 aromatic rings. The molecule has 0 spiro atoms. The van der Waals surface area contributed by atoms with Crippen LogP contribution in [0.5, 0.6) is 0 Å². The molecule has 0 unspecified atom stereocenters. The minimum Gasteiger partial charge on any atom is -0.398 e. The lowest BCUT2D eigenvalue weighted by molar-refractivity contribution is 0.0699. The summed E-state index contributed by atoms with van der Waals surface area (Å²) in [5.74, 6) is -0.155. The molecule has 142 valence electrons. The maximum atomic E-state index is 12.8. The van der Waals surface area contributed by atoms with Crippen molar-refractivity contribution in [3.63, 3.8) is 0 Å². The Morgan fingerprint density at radius 1 is 1.12 bits per heavy atom. The van der Waals surface area contributed by atoms with Gasteiger partial charge in [-0.3, -0.25) is 4.79 Å². The number of piperazine rings is 1. The molecule has 1 fully saturated rings. The van der Waals surface area contributed by atoms with Gasteiger partial charge in [-0.25, -0.2) is 8.42 Å². The average molecular weight is 416 g/mol. The molecule has 1 aliphatic rings. The van der Waals surface area contributed by atoms with Crippen molar-refractivity contribution in [1.82, 2.24) is 9.21 Å². The fourth-order valence-electron chi connectivity index (χ4n) is 3.00. The van der Waals surface area contributed by atoms with Crippen molar-refractivity contribution in [1.29, 1.82) is 0 Å². The first-order valence-electron chi connectivity index (χ1n) is 8.01. The number of nitrogens with zero attached hydrogens (tertiary/aromatic N) is 2. The number of nitrogens with two attached hydrogens (primary N) is 1. The monoisotopic (exact) mass is 415 g/mol. The molecule has 1 aromatic heterocycles. The molecule has 1 aliphatic heterocycles. The zero-order valence-electron chi connectivity index (χ0n) is 14.6. The van der Waals surface area contributed by atoms with Gasteiger partial charge in [0.15, 0.2) is 0 Å². The number of amides is 1. The Morgan fingerprint density at radius 2 is 1.73 bits per heavy atom. The van der Waals surface area contributed by atoms with Crippen LogP contribution in [-0.2, 0) is 10.0 Å². The second kappa shape index (κ2) is 7.96. The van der Waals surface area contributed by atoms with Crippen molar-refractivity contribution < 1.29 is 13.2 Å². The lowest BCUT2D eigenvalue weighted by Crippen LogP contribution is -2.50. The van der Waals surface area contributed by atoms with E-state index >= 15 is 0 Å². The number of anilines is 1. The third-order valence-corrected chi connectivity index (χ3v) is 7.45. The van der Waals surface area contributed by atoms with Crippen LogP contribution < -0.4 is 5.73 Å². The van der Waals surface area contributed by atoms with Crippen LogP contribution in [-0.4, -0.2) is 49.7 Å². The number of aryl methyl sites for hydroxylation is 2. The van der Waals surface area contributed by atoms with Crippen LogP contribution in [0.15, 0.2) is 35.2 Å². The fourth-order valence-corrected chi connectivity index (χ4v) is 5.94. The van der Waals surface area contributed by atoms with Crippen LogP contribution in [0, 0.1) is 13.8 Å². The number of halogens is 1. The smallest absolute Gasteiger partial charge is 0.256 e. The number of sulfonamides is 1. The molecule has 2 N–H and O–H groups in total. The number of thiophene rings is 1. The lowest BCUT2D eigenvalue weighted by Gasteiger charge is -2.34. The summed E-state index contributed by atoms with van der Waals surface area (Å²) >= 11 is 1.48. The first kappa shape index (κ1) is 20.7. The summed E-state index contributed by atoms with van der Waals surface area (Å²) in [4.78, 5) is 16.4. The Kier molecular flexibility index (Phi) is 6.33. The van der Waals surface area contributed by atoms with E-state index in [9.17, 15) is 13.2 Å². The third kappa shape index (κ3) is 3.88. The van der Waals surface area contributed by atoms with E-state index in [2.05, 4.69) is 0 Å². The van der Waals surface area contributed by atoms with Gasteiger partial charge >= 0.3 is 0 Å². The highest BCUT2D eigenvalue weighted by atomic mass is 35.5. The predicted molar refractivity (Wildman–Crippen MR) is 107 cm³/mol. The Morgan fingerprint density at radius 3 is 2.27 bits per heavy atom. The van der Waals surface area contributed by atoms with E-state index in [-0.39, 0.29) is 31.4 Å². The number of hydrogen-bond donors (Lipinski definition) is 1. The molecular formula is C17H22ClN3O3S2. The molecule has 0 radical (unpaired) electrons. The molecule has 0 saturated carbocycles. The second-order valence-corrected chi connectivity index (χ2v) is 9.43. The van der Waals surface area contributed by atoms with Crippen molar-refractivity contribution in [2.75, 3.05) is 31.9 Å². The Bertz CT molecular complexity index is 904. The van der Waals surface area contributed by atoms with E-state index in [1.165, 1.54) is 15.6 Å². The van der Waals surface area contributed by atoms with Gasteiger partial charge in [-0.15, -0.1) is 23.7 Å². The van der Waals surface area contributed by atoms with Gasteiger partial charge in [0, 0.05) is 41.6 Å². The quantitative estimate of drug-likeness (QED) is 0.780. The molecule has 1 aromatic carbocycles. The van der Waals surface area contributed by atoms with Crippen molar-refractivity contribution in [3.8, 4) is 0 Å². The van der Waals surface area contributed by atoms with Crippen LogP contribution in [0.1, 0.15) is 20.1 Å². The summed E-state index contributed by atoms with van der Waals surface area (Å²) in [5, 5.41) is 0. The van der Waals surface area contributed by atoms with E-state index in [1.807, 2.05) is 13.8 Å². The van der Waals surface area contributed by atoms with Crippen molar-refractivity contribution in [2.24, 2.45) is 0 Å². The zero-order valence-corrected chi connectivity index (χ0v) is 17.1. The molecule has 3 rings (SSSR count). The second-order valence-electron chi connectivity index (χ2n) is 6.06. The number of hydrogen-bond acceptors (Lipinski definition) is 5. The molecule has 1 amide bonds. The average Bonchev–Trinajstić information content (AvgIpc) is 2.94. The van der Waals surface area contributed by atoms with E-state index in [4.69, 9.17) is 5.73 Å². The number of rotatable bonds is 3. The molecule has 26 heavy (non-hydrogen) atoms. The molecule has 0 atom stereocenters. The molecule has 0 aliphatic carbocycles. The number of para-hydroxylation sites is 1. The van der Waals surface area contributed by atoms with Gasteiger partial charge in [0.1, 0.15) is 0 Å². The highest BCUT2D eigenvalue weighted by molar-refractivity contribution is 7.89. The van der Waals surface area contributed by atoms with Crippen LogP contribution in [0.2, 0.25) is 0 Å². The van der Waals surface area contributed by atoms with Crippen molar-refractivity contribution in [3.05, 3.63) is 45.6 Å². The van der Waals surface area contributed by atoms with Gasteiger partial charge in [0.2, 0.25) is 10.0 Å². The Labute approximate surface area is 164 Å². The number of nitrogen functional groups attached to an aromatic ring is 1. The minimum atomic E-state index is -3.51. The fraction of sp³-hybridized carbons (Fsp3) is 0.353. The van der Waals surface area contributed by atoms with Gasteiger partial charge in [-0.2, -0.15) is 4.31 Å². The topological polar surface area (TPSA) is 83.7 Å². The van der Waals surface area contributed by atoms with Crippen LogP contribution in [0.25, 0.3) is 0 Å². The Balaban J connectivity index is 0.00000243. The van der Waals surface area contributed by atoms with Crippen LogP contribution in [0.4, 0.5) is 5.69 Å². The standard InChI is InChI=1S/C17H21N3O3S2.ClH/c1-12-11-16(13(2)24-12)25(22,23)20-9-7-19(8-10-20)17(21)14-5-3-4-6-15(14)18;/h3-6,11H,7-10,18H2,1-2H3;1H. The van der Waals surface area contributed by atoms with Crippen molar-refractivity contribution >= 4 is 45.4 Å². The third-order valence-electron chi connectivity index (χ3n) is 4.33. The van der Waals surface area contributed by atoms with Gasteiger partial charge in [0.05, 0.1) is 10.5 Å². The summed E-state index contributed by atoms with van der Waals surface area (Å²) < 4.78 is 27.1. The maximum Gasteiger partial charge on any atom is 0.256 e. The molecule has 1 saturated heterocycles. The van der Waals surface area contributed by atoms with Crippen molar-refractivity contribution in [2.45, 2.75) is 18.7 Å². The first-order chi connectivity index (χ1) is 11.8. The minimum absolute atomic E-state index is 0. The first-order valence-corrected chi connectivity index (χ1v) is 10.3. The van der Waals surface area contributed by atoms with E-state index < -0.39 is 10.0 Å². The SMILES string of the molecule is Cc1cc(S(=O)(=O)N2CCN(C(=O)c3ccccc3N)CC2)c(C)s1.Cl. The van der Waals surface area contributed by atoms with Crippen LogP contribution in [0.3, 0.4) is 0 Å². The molecule has 6 nitrogen and oxygen atoms in total. The van der Waals surface area contributed by atoms with Gasteiger partial charge < -0.3 is 10.6 Å². The van der Waals surface area contributed by atoms with Crippen LogP contribution >= 0.6 is 23.7 Å². The predicted octanol–water partition coefficient (Wildman–Crippen LogP) is 2.52. The molecule has 9 heteroatoms. The van der Waals surface area contributed by atoms with E-state index in [0.717, 1.165) is 9.75 Å². The number of carbonyl (C=O) groups is 1. The van der Waals surface area contributed by atoms with Gasteiger partial charge in [-0.1, -0.05) is 12.1 Å². The molecule has 2 heterocycles. The highest BCUT2D eigenvalue weighted by Crippen LogP contribution is 2.28. The summed E-state index contributed by atoms with van der Waals surface area (Å²) in [6, 6.07) is 8.65. The lowest BCUT2D eigenvalue weighted by atomic mass is 10.1. The largest absolute Gasteiger partial charge is 0.398 e. The van der Waals surface area contributed by atoms with E-state index in [0.29, 0.717) is 29.2 Å². The molecular weight excluding hydrogens is 394 g/mol. The highest BCUT2D eigenvalue weighted by Gasteiger charge is 2.32. The Hall–Kier alpha value is -1.61. The number of carbonyl (C=O) groups excluding carboxylic acids is 1. The van der Waals surface area contributed by atoms with E-state index in [1.54, 1.807) is 35.2 Å².